The van der Waals surface area contributed by atoms with Crippen LogP contribution in [0.4, 0.5) is 4.39 Å². The van der Waals surface area contributed by atoms with Crippen LogP contribution in [0.1, 0.15) is 0 Å². The van der Waals surface area contributed by atoms with Crippen molar-refractivity contribution in [2.45, 2.75) is 4.90 Å². The van der Waals surface area contributed by atoms with Crippen molar-refractivity contribution in [1.82, 2.24) is 0 Å². The average Bonchev–Trinajstić information content (AvgIpc) is 1.94. The van der Waals surface area contributed by atoms with Crippen LogP contribution in [0.3, 0.4) is 0 Å². The van der Waals surface area contributed by atoms with E-state index in [1.54, 1.807) is 0 Å². The number of thiol groups is 1. The van der Waals surface area contributed by atoms with Gasteiger partial charge < -0.3 is 0 Å². The molecule has 0 N–H and O–H groups in total. The van der Waals surface area contributed by atoms with Gasteiger partial charge in [0, 0.05) is 4.90 Å². The fraction of sp³-hybridized carbons (Fsp3) is 0.143. The molecule has 0 spiro atoms. The van der Waals surface area contributed by atoms with Gasteiger partial charge in [-0.1, -0.05) is 18.2 Å². The van der Waals surface area contributed by atoms with Crippen LogP contribution in [0.25, 0.3) is 0 Å². The quantitative estimate of drug-likeness (QED) is 0.531. The molecule has 1 aromatic carbocycles. The lowest BCUT2D eigenvalue weighted by atomic mass is 10.4. The van der Waals surface area contributed by atoms with Crippen molar-refractivity contribution in [2.24, 2.45) is 0 Å². The Morgan fingerprint density at radius 1 is 1.11 bits per heavy atom. The Hall–Kier alpha value is -0.500. The maximum absolute atomic E-state index is 9.50. The Labute approximate surface area is 60.1 Å². The van der Waals surface area contributed by atoms with Gasteiger partial charge in [-0.3, -0.25) is 4.39 Å². The van der Waals surface area contributed by atoms with Crippen LogP contribution in [0.5, 0.6) is 0 Å². The molecular formula is C7H9FS. The van der Waals surface area contributed by atoms with E-state index in [0.717, 1.165) is 4.90 Å². The molecule has 0 aromatic heterocycles. The molecular weight excluding hydrogens is 135 g/mol. The molecule has 0 heterocycles. The van der Waals surface area contributed by atoms with Crippen molar-refractivity contribution in [3.8, 4) is 0 Å². The van der Waals surface area contributed by atoms with Gasteiger partial charge in [-0.15, -0.1) is 12.6 Å². The Balaban J connectivity index is 0.000000291. The van der Waals surface area contributed by atoms with Crippen molar-refractivity contribution < 1.29 is 4.39 Å². The van der Waals surface area contributed by atoms with Gasteiger partial charge in [-0.25, -0.2) is 0 Å². The SMILES string of the molecule is CF.Sc1ccccc1. The normalized spacial score (nSPS) is 7.44. The summed E-state index contributed by atoms with van der Waals surface area (Å²) in [5.41, 5.74) is 0. The standard InChI is InChI=1S/C6H6S.CH3F/c7-6-4-2-1-3-5-6;1-2/h1-5,7H;1H3. The van der Waals surface area contributed by atoms with Crippen LogP contribution >= 0.6 is 12.6 Å². The number of hydrogen-bond acceptors (Lipinski definition) is 1. The number of alkyl halides is 1. The first kappa shape index (κ1) is 8.50. The van der Waals surface area contributed by atoms with E-state index >= 15 is 0 Å². The smallest absolute Gasteiger partial charge is 0.0785 e. The van der Waals surface area contributed by atoms with Crippen molar-refractivity contribution in [3.63, 3.8) is 0 Å². The Morgan fingerprint density at radius 3 is 1.78 bits per heavy atom. The summed E-state index contributed by atoms with van der Waals surface area (Å²) in [5.74, 6) is 0. The molecule has 0 aliphatic rings. The monoisotopic (exact) mass is 144 g/mol. The summed E-state index contributed by atoms with van der Waals surface area (Å²) >= 11 is 4.08. The topological polar surface area (TPSA) is 0 Å². The second-order valence-electron chi connectivity index (χ2n) is 1.34. The number of benzene rings is 1. The van der Waals surface area contributed by atoms with Crippen LogP contribution in [-0.4, -0.2) is 7.18 Å². The number of rotatable bonds is 0. The lowest BCUT2D eigenvalue weighted by molar-refractivity contribution is 0.636. The highest BCUT2D eigenvalue weighted by atomic mass is 32.1. The van der Waals surface area contributed by atoms with Gasteiger partial charge in [0.1, 0.15) is 0 Å². The van der Waals surface area contributed by atoms with Crippen molar-refractivity contribution in [1.29, 1.82) is 0 Å². The van der Waals surface area contributed by atoms with E-state index in [4.69, 9.17) is 0 Å². The zero-order chi connectivity index (χ0) is 7.11. The second kappa shape index (κ2) is 5.63. The van der Waals surface area contributed by atoms with Crippen LogP contribution in [0.2, 0.25) is 0 Å². The van der Waals surface area contributed by atoms with E-state index in [9.17, 15) is 4.39 Å². The molecule has 1 aromatic rings. The fourth-order valence-electron chi connectivity index (χ4n) is 0.428. The molecule has 0 unspecified atom stereocenters. The zero-order valence-corrected chi connectivity index (χ0v) is 6.11. The summed E-state index contributed by atoms with van der Waals surface area (Å²) in [5, 5.41) is 0. The Morgan fingerprint density at radius 2 is 1.56 bits per heavy atom. The summed E-state index contributed by atoms with van der Waals surface area (Å²) in [6.45, 7) is 0. The third-order valence-electron chi connectivity index (χ3n) is 0.756. The molecule has 0 radical (unpaired) electrons. The predicted molar refractivity (Wildman–Crippen MR) is 40.7 cm³/mol. The molecule has 0 atom stereocenters. The molecule has 0 fully saturated rings. The van der Waals surface area contributed by atoms with Gasteiger partial charge in [-0.05, 0) is 12.1 Å². The fourth-order valence-corrected chi connectivity index (χ4v) is 0.600. The van der Waals surface area contributed by atoms with Crippen LogP contribution in [0.15, 0.2) is 35.2 Å². The first-order valence-corrected chi connectivity index (χ1v) is 2.96. The lowest BCUT2D eigenvalue weighted by Gasteiger charge is -1.81. The molecule has 0 aliphatic carbocycles. The zero-order valence-electron chi connectivity index (χ0n) is 5.21. The molecule has 2 heteroatoms. The number of halogens is 1. The summed E-state index contributed by atoms with van der Waals surface area (Å²) < 4.78 is 9.50. The maximum Gasteiger partial charge on any atom is 0.0785 e. The third kappa shape index (κ3) is 4.03. The Bertz CT molecular complexity index is 139. The van der Waals surface area contributed by atoms with E-state index in [-0.39, 0.29) is 0 Å². The molecule has 0 saturated heterocycles. The summed E-state index contributed by atoms with van der Waals surface area (Å²) in [6.07, 6.45) is 0. The van der Waals surface area contributed by atoms with Gasteiger partial charge >= 0.3 is 0 Å². The summed E-state index contributed by atoms with van der Waals surface area (Å²) in [6, 6.07) is 9.79. The third-order valence-corrected chi connectivity index (χ3v) is 1.05. The van der Waals surface area contributed by atoms with Crippen LogP contribution in [0, 0.1) is 0 Å². The highest BCUT2D eigenvalue weighted by Gasteiger charge is 1.73. The molecule has 1 rings (SSSR count). The van der Waals surface area contributed by atoms with Crippen LogP contribution in [-0.2, 0) is 0 Å². The molecule has 0 aliphatic heterocycles. The minimum Gasteiger partial charge on any atom is -0.255 e. The molecule has 0 saturated carbocycles. The van der Waals surface area contributed by atoms with E-state index < -0.39 is 0 Å². The highest BCUT2D eigenvalue weighted by Crippen LogP contribution is 2.00. The van der Waals surface area contributed by atoms with Gasteiger partial charge in [-0.2, -0.15) is 0 Å². The molecule has 50 valence electrons. The maximum atomic E-state index is 9.50. The van der Waals surface area contributed by atoms with E-state index in [0.29, 0.717) is 7.18 Å². The first-order chi connectivity index (χ1) is 4.39. The van der Waals surface area contributed by atoms with Gasteiger partial charge in [0.2, 0.25) is 0 Å². The van der Waals surface area contributed by atoms with Gasteiger partial charge in [0.15, 0.2) is 0 Å². The molecule has 9 heavy (non-hydrogen) atoms. The van der Waals surface area contributed by atoms with E-state index in [2.05, 4.69) is 12.6 Å². The minimum absolute atomic E-state index is 0.500. The van der Waals surface area contributed by atoms with Crippen molar-refractivity contribution >= 4 is 12.6 Å². The molecule has 0 nitrogen and oxygen atoms in total. The second-order valence-corrected chi connectivity index (χ2v) is 1.85. The number of hydrogen-bond donors (Lipinski definition) is 1. The Kier molecular flexibility index (Phi) is 5.32. The predicted octanol–water partition coefficient (Wildman–Crippen LogP) is 2.56. The average molecular weight is 144 g/mol. The minimum atomic E-state index is 0.500. The lowest BCUT2D eigenvalue weighted by Crippen LogP contribution is -1.56. The van der Waals surface area contributed by atoms with Gasteiger partial charge in [0.25, 0.3) is 0 Å². The highest BCUT2D eigenvalue weighted by molar-refractivity contribution is 7.80. The van der Waals surface area contributed by atoms with Crippen molar-refractivity contribution in [2.75, 3.05) is 7.18 Å². The summed E-state index contributed by atoms with van der Waals surface area (Å²) in [4.78, 5) is 1.02. The largest absolute Gasteiger partial charge is 0.255 e. The molecule has 0 amide bonds. The molecule has 0 bridgehead atoms. The summed E-state index contributed by atoms with van der Waals surface area (Å²) in [7, 11) is 0.500. The van der Waals surface area contributed by atoms with Crippen molar-refractivity contribution in [3.05, 3.63) is 30.3 Å². The van der Waals surface area contributed by atoms with E-state index in [1.807, 2.05) is 30.3 Å². The first-order valence-electron chi connectivity index (χ1n) is 2.51. The van der Waals surface area contributed by atoms with Gasteiger partial charge in [0.05, 0.1) is 7.18 Å². The van der Waals surface area contributed by atoms with Crippen LogP contribution < -0.4 is 0 Å². The van der Waals surface area contributed by atoms with E-state index in [1.165, 1.54) is 0 Å².